The van der Waals surface area contributed by atoms with E-state index in [4.69, 9.17) is 4.74 Å². The number of carbonyl (C=O) groups excluding carboxylic acids is 1. The molecule has 2 heterocycles. The molecule has 2 aliphatic rings. The van der Waals surface area contributed by atoms with E-state index in [0.29, 0.717) is 23.6 Å². The van der Waals surface area contributed by atoms with E-state index in [9.17, 15) is 4.79 Å². The van der Waals surface area contributed by atoms with Gasteiger partial charge in [-0.1, -0.05) is 24.3 Å². The molecule has 4 nitrogen and oxygen atoms in total. The van der Waals surface area contributed by atoms with Gasteiger partial charge < -0.3 is 9.64 Å². The highest BCUT2D eigenvalue weighted by molar-refractivity contribution is 5.95. The van der Waals surface area contributed by atoms with Crippen molar-refractivity contribution in [1.82, 2.24) is 9.88 Å². The average Bonchev–Trinajstić information content (AvgIpc) is 3.12. The fourth-order valence-corrected chi connectivity index (χ4v) is 3.95. The van der Waals surface area contributed by atoms with E-state index >= 15 is 0 Å². The summed E-state index contributed by atoms with van der Waals surface area (Å²) >= 11 is 0. The van der Waals surface area contributed by atoms with Crippen LogP contribution >= 0.6 is 0 Å². The molecule has 1 aromatic heterocycles. The highest BCUT2D eigenvalue weighted by Gasteiger charge is 2.42. The van der Waals surface area contributed by atoms with Gasteiger partial charge in [0.25, 0.3) is 5.91 Å². The molecule has 1 saturated heterocycles. The van der Waals surface area contributed by atoms with Crippen LogP contribution in [0.4, 0.5) is 0 Å². The molecule has 3 atom stereocenters. The van der Waals surface area contributed by atoms with Crippen molar-refractivity contribution >= 4 is 16.8 Å². The van der Waals surface area contributed by atoms with Crippen LogP contribution in [0.25, 0.3) is 10.9 Å². The van der Waals surface area contributed by atoms with E-state index in [-0.39, 0.29) is 5.91 Å². The van der Waals surface area contributed by atoms with Crippen LogP contribution in [-0.4, -0.2) is 42.1 Å². The Bertz CT molecular complexity index is 701. The van der Waals surface area contributed by atoms with E-state index in [1.165, 1.54) is 0 Å². The van der Waals surface area contributed by atoms with Crippen LogP contribution in [0.5, 0.6) is 0 Å². The summed E-state index contributed by atoms with van der Waals surface area (Å²) < 4.78 is 5.46. The smallest absolute Gasteiger partial charge is 0.272 e. The lowest BCUT2D eigenvalue weighted by molar-refractivity contribution is 0.0726. The molecule has 22 heavy (non-hydrogen) atoms. The number of fused-ring (bicyclic) bond motifs is 2. The molecule has 0 spiro atoms. The quantitative estimate of drug-likeness (QED) is 0.856. The van der Waals surface area contributed by atoms with Crippen molar-refractivity contribution < 1.29 is 9.53 Å². The summed E-state index contributed by atoms with van der Waals surface area (Å²) in [5.74, 6) is 1.25. The third-order valence-electron chi connectivity index (χ3n) is 5.15. The summed E-state index contributed by atoms with van der Waals surface area (Å²) in [4.78, 5) is 19.2. The van der Waals surface area contributed by atoms with E-state index < -0.39 is 0 Å². The predicted molar refractivity (Wildman–Crippen MR) is 84.7 cm³/mol. The van der Waals surface area contributed by atoms with E-state index in [0.717, 1.165) is 36.8 Å². The van der Waals surface area contributed by atoms with Gasteiger partial charge in [0, 0.05) is 25.6 Å². The Hall–Kier alpha value is -1.94. The zero-order chi connectivity index (χ0) is 15.1. The van der Waals surface area contributed by atoms with Gasteiger partial charge in [0.05, 0.1) is 11.6 Å². The summed E-state index contributed by atoms with van der Waals surface area (Å²) in [5.41, 5.74) is 1.44. The maximum atomic E-state index is 12.7. The fraction of sp³-hybridized carbons (Fsp3) is 0.444. The van der Waals surface area contributed by atoms with E-state index in [1.54, 1.807) is 7.11 Å². The Balaban J connectivity index is 1.52. The molecule has 1 aromatic carbocycles. The van der Waals surface area contributed by atoms with E-state index in [1.807, 2.05) is 41.3 Å². The Labute approximate surface area is 130 Å². The molecule has 114 valence electrons. The predicted octanol–water partition coefficient (Wildman–Crippen LogP) is 2.73. The van der Waals surface area contributed by atoms with Gasteiger partial charge in [0.2, 0.25) is 0 Å². The highest BCUT2D eigenvalue weighted by Crippen LogP contribution is 2.39. The molecule has 0 radical (unpaired) electrons. The minimum atomic E-state index is 0.0640. The number of hydrogen-bond donors (Lipinski definition) is 0. The monoisotopic (exact) mass is 296 g/mol. The number of benzene rings is 1. The third kappa shape index (κ3) is 2.28. The molecule has 0 bridgehead atoms. The van der Waals surface area contributed by atoms with Crippen molar-refractivity contribution in [3.63, 3.8) is 0 Å². The lowest BCUT2D eigenvalue weighted by atomic mass is 10.0. The molecule has 0 N–H and O–H groups in total. The van der Waals surface area contributed by atoms with Crippen molar-refractivity contribution in [2.24, 2.45) is 11.8 Å². The molecule has 1 saturated carbocycles. The number of methoxy groups -OCH3 is 1. The summed E-state index contributed by atoms with van der Waals surface area (Å²) in [5, 5.41) is 1.07. The number of carbonyl (C=O) groups is 1. The molecule has 1 aliphatic heterocycles. The second-order valence-electron chi connectivity index (χ2n) is 6.45. The van der Waals surface area contributed by atoms with Crippen LogP contribution < -0.4 is 0 Å². The number of amides is 1. The minimum Gasteiger partial charge on any atom is -0.381 e. The molecule has 1 aliphatic carbocycles. The average molecular weight is 296 g/mol. The number of rotatable bonds is 2. The normalized spacial score (nSPS) is 27.3. The number of ether oxygens (including phenoxy) is 1. The van der Waals surface area contributed by atoms with Gasteiger partial charge in [-0.2, -0.15) is 0 Å². The fourth-order valence-electron chi connectivity index (χ4n) is 3.95. The van der Waals surface area contributed by atoms with Gasteiger partial charge >= 0.3 is 0 Å². The SMILES string of the molecule is COC1C[C@@H]2CN(C(=O)c3ccc4ccccc4n3)C[C@@H]2C1. The molecule has 1 unspecified atom stereocenters. The van der Waals surface area contributed by atoms with Gasteiger partial charge in [0.1, 0.15) is 5.69 Å². The van der Waals surface area contributed by atoms with Gasteiger partial charge in [-0.15, -0.1) is 0 Å². The topological polar surface area (TPSA) is 42.4 Å². The summed E-state index contributed by atoms with van der Waals surface area (Å²) in [6.45, 7) is 1.69. The largest absolute Gasteiger partial charge is 0.381 e. The standard InChI is InChI=1S/C18H20N2O2/c1-22-15-8-13-10-20(11-14(13)9-15)18(21)17-7-6-12-4-2-3-5-16(12)19-17/h2-7,13-15H,8-11H2,1H3/t13-,14+,15?. The van der Waals surface area contributed by atoms with Gasteiger partial charge in [-0.05, 0) is 36.8 Å². The Morgan fingerprint density at radius 3 is 2.59 bits per heavy atom. The lowest BCUT2D eigenvalue weighted by Crippen LogP contribution is -2.31. The van der Waals surface area contributed by atoms with Crippen LogP contribution in [0.2, 0.25) is 0 Å². The second kappa shape index (κ2) is 5.36. The van der Waals surface area contributed by atoms with Crippen molar-refractivity contribution in [1.29, 1.82) is 0 Å². The first kappa shape index (κ1) is 13.7. The third-order valence-corrected chi connectivity index (χ3v) is 5.15. The lowest BCUT2D eigenvalue weighted by Gasteiger charge is -2.18. The first-order chi connectivity index (χ1) is 10.7. The van der Waals surface area contributed by atoms with Gasteiger partial charge in [-0.3, -0.25) is 4.79 Å². The minimum absolute atomic E-state index is 0.0640. The first-order valence-corrected chi connectivity index (χ1v) is 7.92. The molecule has 1 amide bonds. The Morgan fingerprint density at radius 1 is 1.14 bits per heavy atom. The molecular weight excluding hydrogens is 276 g/mol. The van der Waals surface area contributed by atoms with Crippen molar-refractivity contribution in [3.05, 3.63) is 42.1 Å². The molecule has 4 rings (SSSR count). The zero-order valence-electron chi connectivity index (χ0n) is 12.7. The van der Waals surface area contributed by atoms with Crippen LogP contribution in [-0.2, 0) is 4.74 Å². The maximum Gasteiger partial charge on any atom is 0.272 e. The maximum absolute atomic E-state index is 12.7. The van der Waals surface area contributed by atoms with Crippen LogP contribution in [0.15, 0.2) is 36.4 Å². The molecule has 2 aromatic rings. The van der Waals surface area contributed by atoms with Gasteiger partial charge in [0.15, 0.2) is 0 Å². The first-order valence-electron chi connectivity index (χ1n) is 7.92. The number of likely N-dealkylation sites (tertiary alicyclic amines) is 1. The summed E-state index contributed by atoms with van der Waals surface area (Å²) in [7, 11) is 1.79. The zero-order valence-corrected chi connectivity index (χ0v) is 12.7. The number of para-hydroxylation sites is 1. The van der Waals surface area contributed by atoms with Crippen molar-refractivity contribution in [2.75, 3.05) is 20.2 Å². The second-order valence-corrected chi connectivity index (χ2v) is 6.45. The van der Waals surface area contributed by atoms with Crippen molar-refractivity contribution in [3.8, 4) is 0 Å². The molecule has 4 heteroatoms. The number of hydrogen-bond acceptors (Lipinski definition) is 3. The molecular formula is C18H20N2O2. The number of aromatic nitrogens is 1. The summed E-state index contributed by atoms with van der Waals surface area (Å²) in [6.07, 6.45) is 2.54. The van der Waals surface area contributed by atoms with E-state index in [2.05, 4.69) is 4.98 Å². The van der Waals surface area contributed by atoms with Crippen molar-refractivity contribution in [2.45, 2.75) is 18.9 Å². The Morgan fingerprint density at radius 2 is 1.86 bits per heavy atom. The van der Waals surface area contributed by atoms with Gasteiger partial charge in [-0.25, -0.2) is 4.98 Å². The number of pyridine rings is 1. The van der Waals surface area contributed by atoms with Crippen LogP contribution in [0.1, 0.15) is 23.3 Å². The summed E-state index contributed by atoms with van der Waals surface area (Å²) in [6, 6.07) is 11.7. The Kier molecular flexibility index (Phi) is 3.34. The highest BCUT2D eigenvalue weighted by atomic mass is 16.5. The number of nitrogens with zero attached hydrogens (tertiary/aromatic N) is 2. The van der Waals surface area contributed by atoms with Crippen LogP contribution in [0, 0.1) is 11.8 Å². The molecule has 2 fully saturated rings. The van der Waals surface area contributed by atoms with Crippen LogP contribution in [0.3, 0.4) is 0 Å².